The number of carbonyl (C=O) groups is 1. The van der Waals surface area contributed by atoms with Crippen molar-refractivity contribution in [2.45, 2.75) is 19.1 Å². The van der Waals surface area contributed by atoms with Crippen molar-refractivity contribution in [2.24, 2.45) is 0 Å². The first-order chi connectivity index (χ1) is 12.6. The largest absolute Gasteiger partial charge is 0.493 e. The number of carboxylic acid groups (broad SMARTS) is 1. The fourth-order valence-corrected chi connectivity index (χ4v) is 3.10. The van der Waals surface area contributed by atoms with Gasteiger partial charge in [-0.2, -0.15) is 0 Å². The van der Waals surface area contributed by atoms with E-state index < -0.39 is 5.97 Å². The van der Waals surface area contributed by atoms with E-state index in [0.717, 1.165) is 22.8 Å². The van der Waals surface area contributed by atoms with E-state index in [1.165, 1.54) is 11.8 Å². The van der Waals surface area contributed by atoms with Crippen molar-refractivity contribution in [1.29, 1.82) is 0 Å². The first kappa shape index (κ1) is 18.1. The Hall–Kier alpha value is -2.67. The molecule has 0 fully saturated rings. The Bertz CT molecular complexity index is 857. The van der Waals surface area contributed by atoms with E-state index in [-0.39, 0.29) is 5.75 Å². The molecule has 3 rings (SSSR count). The third kappa shape index (κ3) is 4.92. The number of aliphatic carboxylic acids is 1. The van der Waals surface area contributed by atoms with Crippen LogP contribution in [0.4, 0.5) is 0 Å². The summed E-state index contributed by atoms with van der Waals surface area (Å²) in [5, 5.41) is 8.69. The molecule has 0 radical (unpaired) electrons. The number of rotatable bonds is 9. The molecule has 7 heteroatoms. The Morgan fingerprint density at radius 1 is 1.31 bits per heavy atom. The van der Waals surface area contributed by atoms with Crippen molar-refractivity contribution < 1.29 is 23.5 Å². The van der Waals surface area contributed by atoms with Crippen LogP contribution in [0.2, 0.25) is 0 Å². The number of nitrogens with zero attached hydrogens (tertiary/aromatic N) is 1. The van der Waals surface area contributed by atoms with Crippen molar-refractivity contribution in [1.82, 2.24) is 4.98 Å². The number of thioether (sulfide) groups is 1. The van der Waals surface area contributed by atoms with Gasteiger partial charge in [0, 0.05) is 12.2 Å². The maximum atomic E-state index is 10.6. The zero-order chi connectivity index (χ0) is 18.4. The molecule has 0 saturated carbocycles. The smallest absolute Gasteiger partial charge is 0.313 e. The van der Waals surface area contributed by atoms with E-state index in [9.17, 15) is 4.79 Å². The first-order valence-corrected chi connectivity index (χ1v) is 9.29. The molecule has 0 atom stereocenters. The molecule has 1 N–H and O–H groups in total. The predicted octanol–water partition coefficient (Wildman–Crippen LogP) is 4.18. The average molecular weight is 373 g/mol. The van der Waals surface area contributed by atoms with Gasteiger partial charge in [0.25, 0.3) is 5.89 Å². The number of ether oxygens (including phenoxy) is 1. The topological polar surface area (TPSA) is 85.7 Å². The van der Waals surface area contributed by atoms with Crippen molar-refractivity contribution in [3.8, 4) is 17.4 Å². The fourth-order valence-electron chi connectivity index (χ4n) is 2.41. The highest BCUT2D eigenvalue weighted by molar-refractivity contribution is 7.99. The first-order valence-electron chi connectivity index (χ1n) is 8.13. The lowest BCUT2D eigenvalue weighted by atomic mass is 10.2. The van der Waals surface area contributed by atoms with Gasteiger partial charge in [0.15, 0.2) is 5.76 Å². The minimum atomic E-state index is -0.806. The van der Waals surface area contributed by atoms with Gasteiger partial charge in [-0.1, -0.05) is 12.1 Å². The highest BCUT2D eigenvalue weighted by Crippen LogP contribution is 2.23. The molecule has 6 nitrogen and oxygen atoms in total. The molecule has 0 bridgehead atoms. The summed E-state index contributed by atoms with van der Waals surface area (Å²) in [6.45, 7) is 2.34. The Morgan fingerprint density at radius 2 is 2.19 bits per heavy atom. The number of hydrogen-bond donors (Lipinski definition) is 1. The van der Waals surface area contributed by atoms with Crippen molar-refractivity contribution in [3.05, 3.63) is 59.7 Å². The summed E-state index contributed by atoms with van der Waals surface area (Å²) in [5.74, 6) is 2.50. The number of oxazole rings is 1. The molecule has 3 aromatic rings. The lowest BCUT2D eigenvalue weighted by Crippen LogP contribution is -2.03. The highest BCUT2D eigenvalue weighted by Gasteiger charge is 2.13. The van der Waals surface area contributed by atoms with E-state index >= 15 is 0 Å². The summed E-state index contributed by atoms with van der Waals surface area (Å²) in [6.07, 6.45) is 2.20. The molecule has 136 valence electrons. The van der Waals surface area contributed by atoms with Crippen molar-refractivity contribution >= 4 is 17.7 Å². The van der Waals surface area contributed by atoms with Crippen LogP contribution in [0.3, 0.4) is 0 Å². The second kappa shape index (κ2) is 8.62. The second-order valence-corrected chi connectivity index (χ2v) is 6.62. The summed E-state index contributed by atoms with van der Waals surface area (Å²) in [5.41, 5.74) is 1.87. The lowest BCUT2D eigenvalue weighted by Gasteiger charge is -2.07. The Morgan fingerprint density at radius 3 is 2.96 bits per heavy atom. The van der Waals surface area contributed by atoms with E-state index in [1.54, 1.807) is 18.4 Å². The normalized spacial score (nSPS) is 10.8. The average Bonchev–Trinajstić information content (AvgIpc) is 3.25. The van der Waals surface area contributed by atoms with Crippen LogP contribution in [0.1, 0.15) is 17.0 Å². The number of benzene rings is 1. The van der Waals surface area contributed by atoms with Gasteiger partial charge in [-0.3, -0.25) is 4.79 Å². The van der Waals surface area contributed by atoms with Crippen LogP contribution in [0.25, 0.3) is 11.7 Å². The number of carboxylic acids is 1. The van der Waals surface area contributed by atoms with Gasteiger partial charge in [-0.15, -0.1) is 11.8 Å². The standard InChI is InChI=1S/C19H19NO5S/c1-13-16(20-19(25-13)17-6-3-8-24-17)7-9-23-15-5-2-4-14(10-15)11-26-12-18(21)22/h2-6,8,10H,7,9,11-12H2,1H3,(H,21,22). The highest BCUT2D eigenvalue weighted by atomic mass is 32.2. The van der Waals surface area contributed by atoms with E-state index in [0.29, 0.717) is 30.4 Å². The maximum Gasteiger partial charge on any atom is 0.313 e. The van der Waals surface area contributed by atoms with Gasteiger partial charge in [0.05, 0.1) is 24.3 Å². The zero-order valence-corrected chi connectivity index (χ0v) is 15.1. The number of furan rings is 1. The van der Waals surface area contributed by atoms with Crippen LogP contribution < -0.4 is 4.74 Å². The van der Waals surface area contributed by atoms with Crippen molar-refractivity contribution in [3.63, 3.8) is 0 Å². The Labute approximate surface area is 155 Å². The molecule has 0 aliphatic heterocycles. The molecule has 1 aromatic carbocycles. The molecule has 2 aromatic heterocycles. The number of aryl methyl sites for hydroxylation is 1. The summed E-state index contributed by atoms with van der Waals surface area (Å²) in [7, 11) is 0. The minimum Gasteiger partial charge on any atom is -0.493 e. The molecule has 0 spiro atoms. The second-order valence-electron chi connectivity index (χ2n) is 5.63. The van der Waals surface area contributed by atoms with Crippen LogP contribution in [-0.2, 0) is 17.0 Å². The van der Waals surface area contributed by atoms with Crippen LogP contribution in [0.15, 0.2) is 51.5 Å². The summed E-state index contributed by atoms with van der Waals surface area (Å²) < 4.78 is 16.7. The molecule has 0 aliphatic carbocycles. The van der Waals surface area contributed by atoms with Crippen LogP contribution in [-0.4, -0.2) is 28.4 Å². The molecule has 0 unspecified atom stereocenters. The lowest BCUT2D eigenvalue weighted by molar-refractivity contribution is -0.133. The monoisotopic (exact) mass is 373 g/mol. The summed E-state index contributed by atoms with van der Waals surface area (Å²) >= 11 is 1.36. The number of aromatic nitrogens is 1. The van der Waals surface area contributed by atoms with E-state index in [4.69, 9.17) is 18.7 Å². The Balaban J connectivity index is 1.53. The van der Waals surface area contributed by atoms with Crippen molar-refractivity contribution in [2.75, 3.05) is 12.4 Å². The van der Waals surface area contributed by atoms with Gasteiger partial charge in [0.1, 0.15) is 11.5 Å². The van der Waals surface area contributed by atoms with Crippen LogP contribution >= 0.6 is 11.8 Å². The van der Waals surface area contributed by atoms with Gasteiger partial charge in [0.2, 0.25) is 0 Å². The Kier molecular flexibility index (Phi) is 6.01. The molecule has 2 heterocycles. The maximum absolute atomic E-state index is 10.6. The fraction of sp³-hybridized carbons (Fsp3) is 0.263. The third-order valence-corrected chi connectivity index (χ3v) is 4.61. The van der Waals surface area contributed by atoms with Gasteiger partial charge in [-0.25, -0.2) is 4.98 Å². The zero-order valence-electron chi connectivity index (χ0n) is 14.3. The predicted molar refractivity (Wildman–Crippen MR) is 98.4 cm³/mol. The summed E-state index contributed by atoms with van der Waals surface area (Å²) in [6, 6.07) is 11.3. The molecular weight excluding hydrogens is 354 g/mol. The van der Waals surface area contributed by atoms with Crippen LogP contribution in [0, 0.1) is 6.92 Å². The van der Waals surface area contributed by atoms with E-state index in [2.05, 4.69) is 4.98 Å². The van der Waals surface area contributed by atoms with Gasteiger partial charge >= 0.3 is 5.97 Å². The molecular formula is C19H19NO5S. The SMILES string of the molecule is Cc1oc(-c2ccco2)nc1CCOc1cccc(CSCC(=O)O)c1. The van der Waals surface area contributed by atoms with E-state index in [1.807, 2.05) is 31.2 Å². The minimum absolute atomic E-state index is 0.0918. The molecule has 0 aliphatic rings. The van der Waals surface area contributed by atoms with Crippen LogP contribution in [0.5, 0.6) is 5.75 Å². The van der Waals surface area contributed by atoms with Gasteiger partial charge in [-0.05, 0) is 36.8 Å². The number of hydrogen-bond acceptors (Lipinski definition) is 6. The van der Waals surface area contributed by atoms with Gasteiger partial charge < -0.3 is 18.7 Å². The summed E-state index contributed by atoms with van der Waals surface area (Å²) in [4.78, 5) is 15.0. The molecule has 0 saturated heterocycles. The molecule has 26 heavy (non-hydrogen) atoms. The molecule has 0 amide bonds. The third-order valence-electron chi connectivity index (χ3n) is 3.62. The quantitative estimate of drug-likeness (QED) is 0.602.